The quantitative estimate of drug-likeness (QED) is 0.273. The van der Waals surface area contributed by atoms with Gasteiger partial charge in [0, 0.05) is 26.3 Å². The summed E-state index contributed by atoms with van der Waals surface area (Å²) in [6.07, 6.45) is 2.37. The maximum atomic E-state index is 12.5. The van der Waals surface area contributed by atoms with E-state index < -0.39 is 15.9 Å². The molecule has 0 bridgehead atoms. The van der Waals surface area contributed by atoms with Crippen LogP contribution in [0, 0.1) is 0 Å². The molecule has 0 aliphatic rings. The Balaban J connectivity index is 1.64. The molecule has 0 aliphatic heterocycles. The average Bonchev–Trinajstić information content (AvgIpc) is 2.79. The van der Waals surface area contributed by atoms with E-state index in [1.807, 2.05) is 25.1 Å². The van der Waals surface area contributed by atoms with E-state index in [1.165, 1.54) is 54.7 Å². The van der Waals surface area contributed by atoms with Crippen molar-refractivity contribution >= 4 is 55.4 Å². The third-order valence-electron chi connectivity index (χ3n) is 4.33. The molecule has 7 nitrogen and oxygen atoms in total. The monoisotopic (exact) mass is 549 g/mol. The zero-order valence-electron chi connectivity index (χ0n) is 17.6. The molecule has 33 heavy (non-hydrogen) atoms. The number of nitrogens with zero attached hydrogens (tertiary/aromatic N) is 1. The number of hydrogen-bond donors (Lipinski definition) is 2. The normalized spacial score (nSPS) is 11.4. The summed E-state index contributed by atoms with van der Waals surface area (Å²) in [6.45, 7) is 2.59. The Kier molecular flexibility index (Phi) is 8.49. The van der Waals surface area contributed by atoms with Crippen LogP contribution in [-0.2, 0) is 10.0 Å². The summed E-state index contributed by atoms with van der Waals surface area (Å²) in [6, 6.07) is 17.3. The number of benzene rings is 3. The number of hydrogen-bond acceptors (Lipinski definition) is 5. The highest BCUT2D eigenvalue weighted by atomic mass is 79.9. The molecule has 0 heterocycles. The first-order chi connectivity index (χ1) is 15.8. The first-order valence-electron chi connectivity index (χ1n) is 9.92. The van der Waals surface area contributed by atoms with Crippen molar-refractivity contribution in [1.29, 1.82) is 0 Å². The van der Waals surface area contributed by atoms with Gasteiger partial charge >= 0.3 is 0 Å². The van der Waals surface area contributed by atoms with Crippen molar-refractivity contribution in [3.63, 3.8) is 0 Å². The Morgan fingerprint density at radius 2 is 1.79 bits per heavy atom. The summed E-state index contributed by atoms with van der Waals surface area (Å²) in [5, 5.41) is 4.45. The van der Waals surface area contributed by atoms with Gasteiger partial charge in [-0.2, -0.15) is 5.10 Å². The molecule has 0 aromatic heterocycles. The Labute approximate surface area is 206 Å². The highest BCUT2D eigenvalue weighted by Gasteiger charge is 2.14. The minimum atomic E-state index is -3.77. The van der Waals surface area contributed by atoms with Crippen LogP contribution in [0.25, 0.3) is 0 Å². The Bertz CT molecular complexity index is 1250. The fraction of sp³-hybridized carbons (Fsp3) is 0.130. The van der Waals surface area contributed by atoms with E-state index in [-0.39, 0.29) is 4.90 Å². The molecule has 0 saturated carbocycles. The van der Waals surface area contributed by atoms with Crippen LogP contribution < -0.4 is 14.9 Å². The number of carbonyl (C=O) groups is 1. The lowest BCUT2D eigenvalue weighted by Gasteiger charge is -2.09. The zero-order chi connectivity index (χ0) is 23.8. The zero-order valence-corrected chi connectivity index (χ0v) is 20.7. The molecule has 172 valence electrons. The predicted molar refractivity (Wildman–Crippen MR) is 134 cm³/mol. The molecule has 3 rings (SSSR count). The van der Waals surface area contributed by atoms with Gasteiger partial charge in [-0.25, -0.2) is 13.8 Å². The van der Waals surface area contributed by atoms with Crippen molar-refractivity contribution in [3.8, 4) is 5.75 Å². The maximum absolute atomic E-state index is 12.5. The summed E-state index contributed by atoms with van der Waals surface area (Å²) in [4.78, 5) is 12.5. The van der Waals surface area contributed by atoms with E-state index >= 15 is 0 Å². The van der Waals surface area contributed by atoms with Crippen molar-refractivity contribution in [2.45, 2.75) is 18.2 Å². The Morgan fingerprint density at radius 1 is 1.09 bits per heavy atom. The van der Waals surface area contributed by atoms with Gasteiger partial charge < -0.3 is 4.74 Å². The first-order valence-corrected chi connectivity index (χ1v) is 12.6. The minimum Gasteiger partial charge on any atom is -0.493 e. The molecule has 0 saturated heterocycles. The number of carbonyl (C=O) groups excluding carboxylic acids is 1. The van der Waals surface area contributed by atoms with Gasteiger partial charge in [-0.1, -0.05) is 34.5 Å². The molecule has 10 heteroatoms. The van der Waals surface area contributed by atoms with Crippen LogP contribution in [0.1, 0.15) is 29.3 Å². The van der Waals surface area contributed by atoms with Gasteiger partial charge in [0.15, 0.2) is 0 Å². The summed E-state index contributed by atoms with van der Waals surface area (Å²) < 4.78 is 33.9. The van der Waals surface area contributed by atoms with Crippen LogP contribution in [0.3, 0.4) is 0 Å². The molecule has 3 aromatic carbocycles. The lowest BCUT2D eigenvalue weighted by molar-refractivity contribution is 0.0955. The fourth-order valence-electron chi connectivity index (χ4n) is 2.71. The topological polar surface area (TPSA) is 96.9 Å². The lowest BCUT2D eigenvalue weighted by Crippen LogP contribution is -2.18. The van der Waals surface area contributed by atoms with Crippen molar-refractivity contribution in [2.75, 3.05) is 11.3 Å². The van der Waals surface area contributed by atoms with Crippen molar-refractivity contribution < 1.29 is 17.9 Å². The van der Waals surface area contributed by atoms with Gasteiger partial charge in [0.05, 0.1) is 17.7 Å². The predicted octanol–water partition coefficient (Wildman–Crippen LogP) is 5.46. The highest BCUT2D eigenvalue weighted by molar-refractivity contribution is 9.10. The second-order valence-corrected chi connectivity index (χ2v) is 9.90. The average molecular weight is 551 g/mol. The standard InChI is InChI=1S/C23H21BrClN3O4S/c1-2-13-32-22-12-5-18(24)14-17(22)15-26-27-23(29)16-3-8-20(9-4-16)28-33(30,31)21-10-6-19(25)7-11-21/h3-12,14-15,28H,2,13H2,1H3,(H,27,29)/b26-15-. The van der Waals surface area contributed by atoms with Crippen molar-refractivity contribution in [3.05, 3.63) is 87.4 Å². The molecule has 0 fully saturated rings. The Morgan fingerprint density at radius 3 is 2.45 bits per heavy atom. The van der Waals surface area contributed by atoms with Gasteiger partial charge in [0.25, 0.3) is 15.9 Å². The van der Waals surface area contributed by atoms with E-state index in [0.29, 0.717) is 34.2 Å². The number of sulfonamides is 1. The largest absolute Gasteiger partial charge is 0.493 e. The van der Waals surface area contributed by atoms with Crippen molar-refractivity contribution in [2.24, 2.45) is 5.10 Å². The van der Waals surface area contributed by atoms with E-state index in [2.05, 4.69) is 31.2 Å². The molecule has 0 radical (unpaired) electrons. The number of rotatable bonds is 9. The SMILES string of the molecule is CCCOc1ccc(Br)cc1/C=N\NC(=O)c1ccc(NS(=O)(=O)c2ccc(Cl)cc2)cc1. The van der Waals surface area contributed by atoms with E-state index in [1.54, 1.807) is 0 Å². The summed E-state index contributed by atoms with van der Waals surface area (Å²) >= 11 is 9.21. The molecule has 0 spiro atoms. The van der Waals surface area contributed by atoms with Gasteiger partial charge in [-0.05, 0) is 73.2 Å². The summed E-state index contributed by atoms with van der Waals surface area (Å²) in [5.41, 5.74) is 3.80. The van der Waals surface area contributed by atoms with E-state index in [4.69, 9.17) is 16.3 Å². The van der Waals surface area contributed by atoms with Crippen LogP contribution in [0.5, 0.6) is 5.75 Å². The second-order valence-electron chi connectivity index (χ2n) is 6.87. The number of ether oxygens (including phenoxy) is 1. The third-order valence-corrected chi connectivity index (χ3v) is 6.47. The number of halogens is 2. The van der Waals surface area contributed by atoms with E-state index in [9.17, 15) is 13.2 Å². The third kappa shape index (κ3) is 7.05. The maximum Gasteiger partial charge on any atom is 0.271 e. The molecule has 1 amide bonds. The fourth-order valence-corrected chi connectivity index (χ4v) is 4.27. The van der Waals surface area contributed by atoms with Gasteiger partial charge in [-0.3, -0.25) is 9.52 Å². The minimum absolute atomic E-state index is 0.0814. The molecular weight excluding hydrogens is 530 g/mol. The van der Waals surface area contributed by atoms with Crippen LogP contribution in [0.4, 0.5) is 5.69 Å². The molecule has 2 N–H and O–H groups in total. The van der Waals surface area contributed by atoms with Crippen molar-refractivity contribution in [1.82, 2.24) is 5.43 Å². The van der Waals surface area contributed by atoms with Gasteiger partial charge in [-0.15, -0.1) is 0 Å². The summed E-state index contributed by atoms with van der Waals surface area (Å²) in [5.74, 6) is 0.222. The van der Waals surface area contributed by atoms with Crippen LogP contribution in [0.2, 0.25) is 5.02 Å². The van der Waals surface area contributed by atoms with Crippen LogP contribution in [-0.4, -0.2) is 27.1 Å². The molecule has 0 unspecified atom stereocenters. The van der Waals surface area contributed by atoms with Crippen LogP contribution >= 0.6 is 27.5 Å². The molecular formula is C23H21BrClN3O4S. The van der Waals surface area contributed by atoms with E-state index in [0.717, 1.165) is 10.9 Å². The second kappa shape index (κ2) is 11.3. The van der Waals surface area contributed by atoms with Crippen LogP contribution in [0.15, 0.2) is 81.2 Å². The number of anilines is 1. The molecule has 0 aliphatic carbocycles. The molecule has 0 atom stereocenters. The lowest BCUT2D eigenvalue weighted by atomic mass is 10.2. The number of amides is 1. The Hall–Kier alpha value is -2.88. The number of nitrogens with one attached hydrogen (secondary N) is 2. The highest BCUT2D eigenvalue weighted by Crippen LogP contribution is 2.22. The smallest absolute Gasteiger partial charge is 0.271 e. The molecule has 3 aromatic rings. The number of hydrazone groups is 1. The summed E-state index contributed by atoms with van der Waals surface area (Å²) in [7, 11) is -3.77. The first kappa shape index (κ1) is 24.8. The van der Waals surface area contributed by atoms with Gasteiger partial charge in [0.2, 0.25) is 0 Å². The van der Waals surface area contributed by atoms with Gasteiger partial charge in [0.1, 0.15) is 5.75 Å².